The maximum Gasteiger partial charge on any atom is 0.161 e. The average Bonchev–Trinajstić information content (AvgIpc) is 2.90. The number of nitrogens with zero attached hydrogens (tertiary/aromatic N) is 5. The van der Waals surface area contributed by atoms with Crippen LogP contribution in [0.25, 0.3) is 5.82 Å². The number of nitrogens with two attached hydrogens (primary N) is 1. The van der Waals surface area contributed by atoms with Crippen molar-refractivity contribution < 1.29 is 0 Å². The van der Waals surface area contributed by atoms with Crippen molar-refractivity contribution >= 4 is 5.82 Å². The zero-order chi connectivity index (χ0) is 13.8. The number of aromatic nitrogens is 5. The van der Waals surface area contributed by atoms with Crippen LogP contribution in [-0.2, 0) is 19.3 Å². The molecule has 2 heterocycles. The molecule has 2 aromatic rings. The van der Waals surface area contributed by atoms with E-state index in [1.807, 2.05) is 20.8 Å². The van der Waals surface area contributed by atoms with Gasteiger partial charge in [-0.25, -0.2) is 20.8 Å². The Kier molecular flexibility index (Phi) is 4.06. The van der Waals surface area contributed by atoms with Crippen LogP contribution in [0.3, 0.4) is 0 Å². The maximum absolute atomic E-state index is 5.44. The molecule has 0 aliphatic rings. The summed E-state index contributed by atoms with van der Waals surface area (Å²) in [5, 5.41) is 4.47. The normalized spacial score (nSPS) is 10.7. The number of hydrogen-bond donors (Lipinski definition) is 2. The minimum Gasteiger partial charge on any atom is -0.308 e. The molecule has 0 spiro atoms. The first-order valence-electron chi connectivity index (χ1n) is 6.51. The highest BCUT2D eigenvalue weighted by molar-refractivity contribution is 5.40. The van der Waals surface area contributed by atoms with Gasteiger partial charge in [-0.3, -0.25) is 0 Å². The van der Waals surface area contributed by atoms with E-state index in [4.69, 9.17) is 5.84 Å². The third kappa shape index (κ3) is 2.70. The van der Waals surface area contributed by atoms with Crippen LogP contribution in [0, 0.1) is 0 Å². The van der Waals surface area contributed by atoms with Crippen molar-refractivity contribution in [3.05, 3.63) is 23.5 Å². The van der Waals surface area contributed by atoms with Gasteiger partial charge >= 0.3 is 0 Å². The molecule has 0 atom stereocenters. The van der Waals surface area contributed by atoms with Gasteiger partial charge in [0.05, 0.1) is 0 Å². The van der Waals surface area contributed by atoms with Crippen LogP contribution in [0.2, 0.25) is 0 Å². The Morgan fingerprint density at radius 2 is 1.79 bits per heavy atom. The monoisotopic (exact) mass is 261 g/mol. The highest BCUT2D eigenvalue weighted by Crippen LogP contribution is 2.13. The van der Waals surface area contributed by atoms with E-state index in [0.717, 1.165) is 36.7 Å². The van der Waals surface area contributed by atoms with Gasteiger partial charge in [0.2, 0.25) is 0 Å². The van der Waals surface area contributed by atoms with Crippen LogP contribution >= 0.6 is 0 Å². The molecule has 0 unspecified atom stereocenters. The SMILES string of the molecule is CCc1nc(NN)cc(-n2nc(CC)nc2CC)n1. The van der Waals surface area contributed by atoms with Gasteiger partial charge in [0.1, 0.15) is 17.5 Å². The van der Waals surface area contributed by atoms with Crippen LogP contribution in [-0.4, -0.2) is 24.7 Å². The van der Waals surface area contributed by atoms with Gasteiger partial charge < -0.3 is 5.43 Å². The highest BCUT2D eigenvalue weighted by Gasteiger charge is 2.12. The number of nitrogen functional groups attached to an aromatic ring is 1. The quantitative estimate of drug-likeness (QED) is 0.616. The second-order valence-electron chi connectivity index (χ2n) is 4.09. The predicted octanol–water partition coefficient (Wildman–Crippen LogP) is 1.03. The van der Waals surface area contributed by atoms with E-state index in [-0.39, 0.29) is 0 Å². The molecule has 2 rings (SSSR count). The highest BCUT2D eigenvalue weighted by atomic mass is 15.4. The number of hydrogen-bond acceptors (Lipinski definition) is 6. The van der Waals surface area contributed by atoms with Gasteiger partial charge in [-0.1, -0.05) is 20.8 Å². The fourth-order valence-electron chi connectivity index (χ4n) is 1.78. The smallest absolute Gasteiger partial charge is 0.161 e. The minimum absolute atomic E-state index is 0.581. The van der Waals surface area contributed by atoms with Gasteiger partial charge in [-0.05, 0) is 0 Å². The topological polar surface area (TPSA) is 94.5 Å². The number of hydrazine groups is 1. The lowest BCUT2D eigenvalue weighted by atomic mass is 10.4. The zero-order valence-corrected chi connectivity index (χ0v) is 11.5. The molecular weight excluding hydrogens is 242 g/mol. The van der Waals surface area contributed by atoms with E-state index in [1.54, 1.807) is 10.7 Å². The lowest BCUT2D eigenvalue weighted by molar-refractivity contribution is 0.754. The van der Waals surface area contributed by atoms with Gasteiger partial charge in [-0.15, -0.1) is 5.10 Å². The van der Waals surface area contributed by atoms with E-state index in [1.165, 1.54) is 0 Å². The fourth-order valence-corrected chi connectivity index (χ4v) is 1.78. The molecule has 3 N–H and O–H groups in total. The molecule has 0 aliphatic carbocycles. The molecule has 0 aliphatic heterocycles. The van der Waals surface area contributed by atoms with Crippen molar-refractivity contribution in [1.82, 2.24) is 24.7 Å². The lowest BCUT2D eigenvalue weighted by Gasteiger charge is -2.07. The Hall–Kier alpha value is -2.02. The van der Waals surface area contributed by atoms with Gasteiger partial charge in [-0.2, -0.15) is 4.68 Å². The summed E-state index contributed by atoms with van der Waals surface area (Å²) in [6, 6.07) is 1.77. The number of nitrogens with one attached hydrogen (secondary N) is 1. The standard InChI is InChI=1S/C12H19N7/c1-4-8-14-10(17-13)7-12(15-8)19-11(6-3)16-9(5-2)18-19/h7H,4-6,13H2,1-3H3,(H,14,15,17). The summed E-state index contributed by atoms with van der Waals surface area (Å²) in [6.07, 6.45) is 2.33. The molecule has 0 amide bonds. The molecular formula is C12H19N7. The second-order valence-corrected chi connectivity index (χ2v) is 4.09. The summed E-state index contributed by atoms with van der Waals surface area (Å²) >= 11 is 0. The summed E-state index contributed by atoms with van der Waals surface area (Å²) < 4.78 is 1.76. The van der Waals surface area contributed by atoms with E-state index >= 15 is 0 Å². The second kappa shape index (κ2) is 5.75. The Morgan fingerprint density at radius 1 is 1.05 bits per heavy atom. The molecule has 0 fully saturated rings. The number of anilines is 1. The first kappa shape index (κ1) is 13.4. The van der Waals surface area contributed by atoms with Crippen molar-refractivity contribution in [3.63, 3.8) is 0 Å². The summed E-state index contributed by atoms with van der Waals surface area (Å²) in [7, 11) is 0. The van der Waals surface area contributed by atoms with Crippen LogP contribution in [0.4, 0.5) is 5.82 Å². The minimum atomic E-state index is 0.581. The molecule has 0 bridgehead atoms. The van der Waals surface area contributed by atoms with Crippen molar-refractivity contribution in [3.8, 4) is 5.82 Å². The first-order valence-corrected chi connectivity index (χ1v) is 6.51. The Morgan fingerprint density at radius 3 is 2.37 bits per heavy atom. The van der Waals surface area contributed by atoms with Crippen LogP contribution in [0.1, 0.15) is 38.2 Å². The molecule has 0 saturated carbocycles. The van der Waals surface area contributed by atoms with Crippen molar-refractivity contribution in [2.45, 2.75) is 40.0 Å². The molecule has 2 aromatic heterocycles. The average molecular weight is 261 g/mol. The van der Waals surface area contributed by atoms with Crippen molar-refractivity contribution in [2.24, 2.45) is 5.84 Å². The maximum atomic E-state index is 5.44. The Labute approximate surface area is 112 Å². The molecule has 7 nitrogen and oxygen atoms in total. The molecule has 7 heteroatoms. The summed E-state index contributed by atoms with van der Waals surface area (Å²) in [5.74, 6) is 9.14. The Balaban J connectivity index is 2.53. The number of aryl methyl sites for hydroxylation is 3. The fraction of sp³-hybridized carbons (Fsp3) is 0.500. The van der Waals surface area contributed by atoms with Gasteiger partial charge in [0, 0.05) is 25.3 Å². The predicted molar refractivity (Wildman–Crippen MR) is 72.9 cm³/mol. The number of rotatable bonds is 5. The van der Waals surface area contributed by atoms with Gasteiger partial charge in [0.15, 0.2) is 11.6 Å². The largest absolute Gasteiger partial charge is 0.308 e. The van der Waals surface area contributed by atoms with Crippen molar-refractivity contribution in [2.75, 3.05) is 5.43 Å². The summed E-state index contributed by atoms with van der Waals surface area (Å²) in [4.78, 5) is 13.2. The van der Waals surface area contributed by atoms with E-state index < -0.39 is 0 Å². The first-order chi connectivity index (χ1) is 9.21. The summed E-state index contributed by atoms with van der Waals surface area (Å²) in [6.45, 7) is 6.08. The van der Waals surface area contributed by atoms with Crippen LogP contribution in [0.15, 0.2) is 6.07 Å². The molecule has 0 aromatic carbocycles. The zero-order valence-electron chi connectivity index (χ0n) is 11.5. The molecule has 102 valence electrons. The van der Waals surface area contributed by atoms with E-state index in [2.05, 4.69) is 25.5 Å². The third-order valence-electron chi connectivity index (χ3n) is 2.79. The molecule has 0 radical (unpaired) electrons. The molecule has 0 saturated heterocycles. The van der Waals surface area contributed by atoms with Crippen molar-refractivity contribution in [1.29, 1.82) is 0 Å². The lowest BCUT2D eigenvalue weighted by Crippen LogP contribution is -2.13. The van der Waals surface area contributed by atoms with E-state index in [0.29, 0.717) is 11.6 Å². The third-order valence-corrected chi connectivity index (χ3v) is 2.79. The Bertz CT molecular complexity index is 539. The van der Waals surface area contributed by atoms with Crippen LogP contribution in [0.5, 0.6) is 0 Å². The van der Waals surface area contributed by atoms with E-state index in [9.17, 15) is 0 Å². The van der Waals surface area contributed by atoms with Crippen LogP contribution < -0.4 is 11.3 Å². The van der Waals surface area contributed by atoms with Gasteiger partial charge in [0.25, 0.3) is 0 Å². The molecule has 19 heavy (non-hydrogen) atoms. The summed E-state index contributed by atoms with van der Waals surface area (Å²) in [5.41, 5.74) is 2.56.